The summed E-state index contributed by atoms with van der Waals surface area (Å²) in [5, 5.41) is 9.72. The van der Waals surface area contributed by atoms with Gasteiger partial charge in [-0.15, -0.1) is 0 Å². The first-order valence-electron chi connectivity index (χ1n) is 2.97. The van der Waals surface area contributed by atoms with Gasteiger partial charge in [-0.25, -0.2) is 0 Å². The van der Waals surface area contributed by atoms with Crippen LogP contribution in [0.2, 0.25) is 0 Å². The Bertz CT molecular complexity index is 232. The van der Waals surface area contributed by atoms with E-state index in [9.17, 15) is 5.26 Å². The van der Waals surface area contributed by atoms with Crippen LogP contribution >= 0.6 is 12.0 Å². The molecule has 0 aromatic heterocycles. The van der Waals surface area contributed by atoms with E-state index in [1.165, 1.54) is 0 Å². The number of rotatable bonds is 3. The van der Waals surface area contributed by atoms with Gasteiger partial charge in [0, 0.05) is 16.9 Å². The van der Waals surface area contributed by atoms with Crippen LogP contribution in [0.4, 0.5) is 0 Å². The predicted molar refractivity (Wildman–Crippen MR) is 39.9 cm³/mol. The van der Waals surface area contributed by atoms with Crippen LogP contribution in [-0.4, -0.2) is 7.11 Å². The molecule has 0 aliphatic rings. The molecule has 1 aromatic carbocycles. The van der Waals surface area contributed by atoms with Crippen molar-refractivity contribution in [1.82, 2.24) is 0 Å². The molecule has 0 bridgehead atoms. The Kier molecular flexibility index (Phi) is 6.93. The number of ether oxygens (including phenoxy) is 1. The normalized spacial score (nSPS) is 8.83. The molecular formula is C7H7NaO3S. The standard InChI is InChI=1S/C7H8O3S.Na/c1-9-6-3-2-4-7(5-6)11-10-8;/h2-5,8H,1H3;/q;+1/p-1. The Hall–Kier alpha value is 0.290. The third kappa shape index (κ3) is 3.80. The monoisotopic (exact) mass is 194 g/mol. The molecule has 0 radical (unpaired) electrons. The molecule has 0 saturated carbocycles. The van der Waals surface area contributed by atoms with Crippen LogP contribution in [0.25, 0.3) is 0 Å². The van der Waals surface area contributed by atoms with Gasteiger partial charge in [0.25, 0.3) is 0 Å². The molecule has 0 atom stereocenters. The molecule has 60 valence electrons. The van der Waals surface area contributed by atoms with Crippen molar-refractivity contribution < 1.29 is 43.9 Å². The summed E-state index contributed by atoms with van der Waals surface area (Å²) >= 11 is 0.769. The summed E-state index contributed by atoms with van der Waals surface area (Å²) in [4.78, 5) is 0.736. The van der Waals surface area contributed by atoms with E-state index in [2.05, 4.69) is 4.33 Å². The Morgan fingerprint density at radius 2 is 2.17 bits per heavy atom. The van der Waals surface area contributed by atoms with Crippen LogP contribution in [0.15, 0.2) is 29.2 Å². The second-order valence-corrected chi connectivity index (χ2v) is 2.60. The van der Waals surface area contributed by atoms with Crippen molar-refractivity contribution in [1.29, 1.82) is 0 Å². The van der Waals surface area contributed by atoms with Crippen LogP contribution in [-0.2, 0) is 4.33 Å². The summed E-state index contributed by atoms with van der Waals surface area (Å²) in [5.74, 6) is 0.715. The average molecular weight is 194 g/mol. The number of methoxy groups -OCH3 is 1. The first-order chi connectivity index (χ1) is 5.36. The van der Waals surface area contributed by atoms with E-state index in [1.54, 1.807) is 31.4 Å². The molecule has 0 saturated heterocycles. The van der Waals surface area contributed by atoms with Gasteiger partial charge >= 0.3 is 29.6 Å². The number of hydrogen-bond donors (Lipinski definition) is 0. The molecule has 0 heterocycles. The summed E-state index contributed by atoms with van der Waals surface area (Å²) in [6, 6.07) is 7.09. The zero-order valence-corrected chi connectivity index (χ0v) is 9.76. The van der Waals surface area contributed by atoms with Gasteiger partial charge in [0.15, 0.2) is 0 Å². The molecule has 0 aliphatic carbocycles. The quantitative estimate of drug-likeness (QED) is 0.241. The van der Waals surface area contributed by atoms with E-state index in [4.69, 9.17) is 4.74 Å². The fourth-order valence-electron chi connectivity index (χ4n) is 0.692. The van der Waals surface area contributed by atoms with Crippen LogP contribution < -0.4 is 39.6 Å². The van der Waals surface area contributed by atoms with Crippen LogP contribution in [0, 0.1) is 0 Å². The zero-order valence-electron chi connectivity index (χ0n) is 6.94. The third-order valence-electron chi connectivity index (χ3n) is 1.17. The molecule has 1 aromatic rings. The Morgan fingerprint density at radius 3 is 2.75 bits per heavy atom. The van der Waals surface area contributed by atoms with Gasteiger partial charge in [-0.1, -0.05) is 6.07 Å². The summed E-state index contributed by atoms with van der Waals surface area (Å²) < 4.78 is 8.57. The number of benzene rings is 1. The van der Waals surface area contributed by atoms with Gasteiger partial charge in [-0.2, -0.15) is 0 Å². The minimum Gasteiger partial charge on any atom is -0.710 e. The maximum absolute atomic E-state index is 9.72. The first kappa shape index (κ1) is 12.3. The van der Waals surface area contributed by atoms with Gasteiger partial charge in [0.2, 0.25) is 0 Å². The Balaban J connectivity index is 0.00000121. The van der Waals surface area contributed by atoms with Crippen LogP contribution in [0.1, 0.15) is 0 Å². The third-order valence-corrected chi connectivity index (χ3v) is 1.69. The molecule has 0 N–H and O–H groups in total. The zero-order chi connectivity index (χ0) is 8.10. The Labute approximate surface area is 97.5 Å². The molecule has 0 aliphatic heterocycles. The van der Waals surface area contributed by atoms with Gasteiger partial charge in [0.1, 0.15) is 5.75 Å². The van der Waals surface area contributed by atoms with Crippen molar-refractivity contribution in [2.24, 2.45) is 0 Å². The molecule has 3 nitrogen and oxygen atoms in total. The first-order valence-corrected chi connectivity index (χ1v) is 3.71. The molecular weight excluding hydrogens is 187 g/mol. The molecule has 12 heavy (non-hydrogen) atoms. The second-order valence-electron chi connectivity index (χ2n) is 1.83. The SMILES string of the molecule is COc1cccc(SO[O-])c1.[Na+]. The van der Waals surface area contributed by atoms with Gasteiger partial charge in [-0.3, -0.25) is 0 Å². The smallest absolute Gasteiger partial charge is 0.710 e. The van der Waals surface area contributed by atoms with Crippen LogP contribution in [0.5, 0.6) is 5.75 Å². The molecule has 0 amide bonds. The summed E-state index contributed by atoms with van der Waals surface area (Å²) in [6.45, 7) is 0. The van der Waals surface area contributed by atoms with E-state index in [0.29, 0.717) is 5.75 Å². The van der Waals surface area contributed by atoms with Crippen LogP contribution in [0.3, 0.4) is 0 Å². The summed E-state index contributed by atoms with van der Waals surface area (Å²) in [6.07, 6.45) is 0. The second kappa shape index (κ2) is 6.77. The van der Waals surface area contributed by atoms with Gasteiger partial charge in [-0.05, 0) is 18.2 Å². The molecule has 0 spiro atoms. The predicted octanol–water partition coefficient (Wildman–Crippen LogP) is -2.00. The minimum atomic E-state index is 0. The van der Waals surface area contributed by atoms with E-state index in [1.807, 2.05) is 0 Å². The molecule has 1 rings (SSSR count). The number of hydrogen-bond acceptors (Lipinski definition) is 4. The fourth-order valence-corrected chi connectivity index (χ4v) is 1.07. The summed E-state index contributed by atoms with van der Waals surface area (Å²) in [5.41, 5.74) is 0. The van der Waals surface area contributed by atoms with E-state index in [0.717, 1.165) is 16.9 Å². The molecule has 0 unspecified atom stereocenters. The summed E-state index contributed by atoms with van der Waals surface area (Å²) in [7, 11) is 1.57. The maximum atomic E-state index is 9.72. The largest absolute Gasteiger partial charge is 1.00 e. The van der Waals surface area contributed by atoms with Crippen molar-refractivity contribution >= 4 is 12.0 Å². The molecule has 0 fully saturated rings. The van der Waals surface area contributed by atoms with E-state index >= 15 is 0 Å². The maximum Gasteiger partial charge on any atom is 1.00 e. The fraction of sp³-hybridized carbons (Fsp3) is 0.143. The van der Waals surface area contributed by atoms with Crippen molar-refractivity contribution in [2.75, 3.05) is 7.11 Å². The molecule has 5 heteroatoms. The topological polar surface area (TPSA) is 41.5 Å². The van der Waals surface area contributed by atoms with Crippen molar-refractivity contribution in [3.05, 3.63) is 24.3 Å². The van der Waals surface area contributed by atoms with E-state index in [-0.39, 0.29) is 29.6 Å². The van der Waals surface area contributed by atoms with Gasteiger partial charge < -0.3 is 14.3 Å². The average Bonchev–Trinajstić information content (AvgIpc) is 2.06. The van der Waals surface area contributed by atoms with Crippen molar-refractivity contribution in [2.45, 2.75) is 4.90 Å². The van der Waals surface area contributed by atoms with Crippen molar-refractivity contribution in [3.8, 4) is 5.75 Å². The van der Waals surface area contributed by atoms with Crippen molar-refractivity contribution in [3.63, 3.8) is 0 Å². The van der Waals surface area contributed by atoms with Gasteiger partial charge in [0.05, 0.1) is 7.11 Å². The Morgan fingerprint density at radius 1 is 1.42 bits per heavy atom. The van der Waals surface area contributed by atoms with E-state index < -0.39 is 0 Å². The minimum absolute atomic E-state index is 0.